The van der Waals surface area contributed by atoms with Gasteiger partial charge >= 0.3 is 11.9 Å². The van der Waals surface area contributed by atoms with Gasteiger partial charge in [0, 0.05) is 24.6 Å². The lowest BCUT2D eigenvalue weighted by molar-refractivity contribution is -0.137. The van der Waals surface area contributed by atoms with Gasteiger partial charge in [-0.25, -0.2) is 9.78 Å². The zero-order chi connectivity index (χ0) is 24.8. The molecule has 0 spiro atoms. The van der Waals surface area contributed by atoms with Crippen LogP contribution in [0.3, 0.4) is 0 Å². The molecule has 0 radical (unpaired) electrons. The van der Waals surface area contributed by atoms with Crippen molar-refractivity contribution in [2.75, 3.05) is 17.3 Å². The molecule has 0 saturated heterocycles. The Kier molecular flexibility index (Phi) is 7.68. The van der Waals surface area contributed by atoms with Crippen molar-refractivity contribution in [1.82, 2.24) is 15.1 Å². The lowest BCUT2D eigenvalue weighted by Crippen LogP contribution is -2.39. The summed E-state index contributed by atoms with van der Waals surface area (Å²) in [5.41, 5.74) is 1.29. The van der Waals surface area contributed by atoms with Gasteiger partial charge in [0.1, 0.15) is 4.88 Å². The first-order chi connectivity index (χ1) is 16.2. The number of aromatic nitrogens is 3. The molecule has 0 aliphatic rings. The molecule has 12 nitrogen and oxygen atoms in total. The summed E-state index contributed by atoms with van der Waals surface area (Å²) in [6, 6.07) is 5.55. The summed E-state index contributed by atoms with van der Waals surface area (Å²) in [6.45, 7) is 3.23. The smallest absolute Gasteiger partial charge is 0.350 e. The second-order valence-electron chi connectivity index (χ2n) is 7.13. The van der Waals surface area contributed by atoms with Gasteiger partial charge in [0.05, 0.1) is 25.3 Å². The summed E-state index contributed by atoms with van der Waals surface area (Å²) >= 11 is 0.934. The molecular formula is C21H21N5O7S. The van der Waals surface area contributed by atoms with E-state index in [1.165, 1.54) is 7.11 Å². The summed E-state index contributed by atoms with van der Waals surface area (Å²) in [7, 11) is 1.24. The number of carbonyl (C=O) groups excluding carboxylic acids is 3. The lowest BCUT2D eigenvalue weighted by atomic mass is 10.1. The van der Waals surface area contributed by atoms with Gasteiger partial charge in [-0.2, -0.15) is 4.98 Å². The number of aryl methyl sites for hydroxylation is 2. The van der Waals surface area contributed by atoms with E-state index in [0.717, 1.165) is 16.2 Å². The maximum absolute atomic E-state index is 12.7. The third-order valence-electron chi connectivity index (χ3n) is 4.68. The zero-order valence-corrected chi connectivity index (χ0v) is 19.3. The number of hydrogen-bond donors (Lipinski definition) is 2. The van der Waals surface area contributed by atoms with E-state index in [1.54, 1.807) is 38.1 Å². The first kappa shape index (κ1) is 24.5. The van der Waals surface area contributed by atoms with Crippen LogP contribution in [0.15, 0.2) is 28.8 Å². The van der Waals surface area contributed by atoms with E-state index in [-0.39, 0.29) is 16.4 Å². The highest BCUT2D eigenvalue weighted by Gasteiger charge is 2.26. The third-order valence-corrected chi connectivity index (χ3v) is 5.73. The number of methoxy groups -OCH3 is 1. The van der Waals surface area contributed by atoms with Gasteiger partial charge in [0.15, 0.2) is 5.13 Å². The van der Waals surface area contributed by atoms with Crippen LogP contribution in [-0.4, -0.2) is 57.6 Å². The second-order valence-corrected chi connectivity index (χ2v) is 8.13. The van der Waals surface area contributed by atoms with Gasteiger partial charge in [-0.15, -0.1) is 0 Å². The Morgan fingerprint density at radius 1 is 1.26 bits per heavy atom. The standard InChI is InChI=1S/C21H21N5O7S/c1-11-18(20(31)32-3)34-21(22-11)24-16(28)8-15(9-17(29)30)26(10-27)14-6-4-5-13(7-14)19-23-12(2)33-25-19/h4-7,10,15H,8-9H2,1-3H3,(H,29,30)(H,22,24,28)/t15-/m1/s1. The predicted octanol–water partition coefficient (Wildman–Crippen LogP) is 2.43. The molecule has 2 heterocycles. The molecule has 0 bridgehead atoms. The Morgan fingerprint density at radius 3 is 2.65 bits per heavy atom. The average Bonchev–Trinajstić information content (AvgIpc) is 3.38. The molecule has 178 valence electrons. The van der Waals surface area contributed by atoms with E-state index in [4.69, 9.17) is 4.52 Å². The number of benzene rings is 1. The Labute approximate surface area is 197 Å². The number of carbonyl (C=O) groups is 4. The van der Waals surface area contributed by atoms with Crippen molar-refractivity contribution in [3.05, 3.63) is 40.7 Å². The molecule has 1 aromatic carbocycles. The number of carboxylic acids is 1. The molecule has 0 saturated carbocycles. The van der Waals surface area contributed by atoms with Crippen LogP contribution >= 0.6 is 11.3 Å². The van der Waals surface area contributed by atoms with Crippen molar-refractivity contribution < 1.29 is 33.5 Å². The minimum Gasteiger partial charge on any atom is -0.481 e. The molecule has 2 aromatic heterocycles. The van der Waals surface area contributed by atoms with Crippen LogP contribution in [0.25, 0.3) is 11.4 Å². The number of nitrogens with one attached hydrogen (secondary N) is 1. The molecule has 3 aromatic rings. The van der Waals surface area contributed by atoms with Crippen LogP contribution in [0.5, 0.6) is 0 Å². The van der Waals surface area contributed by atoms with Crippen LogP contribution in [0, 0.1) is 13.8 Å². The Bertz CT molecular complexity index is 1220. The van der Waals surface area contributed by atoms with Crippen molar-refractivity contribution in [2.24, 2.45) is 0 Å². The van der Waals surface area contributed by atoms with Crippen LogP contribution < -0.4 is 10.2 Å². The van der Waals surface area contributed by atoms with E-state index in [2.05, 4.69) is 25.2 Å². The van der Waals surface area contributed by atoms with Gasteiger partial charge in [-0.1, -0.05) is 28.6 Å². The molecule has 2 N–H and O–H groups in total. The number of esters is 1. The van der Waals surface area contributed by atoms with Gasteiger partial charge in [-0.3, -0.25) is 14.4 Å². The number of nitrogens with zero attached hydrogens (tertiary/aromatic N) is 4. The lowest BCUT2D eigenvalue weighted by Gasteiger charge is -2.27. The summed E-state index contributed by atoms with van der Waals surface area (Å²) in [6.07, 6.45) is -0.352. The van der Waals surface area contributed by atoms with Crippen molar-refractivity contribution in [1.29, 1.82) is 0 Å². The quantitative estimate of drug-likeness (QED) is 0.320. The molecule has 0 aliphatic heterocycles. The maximum atomic E-state index is 12.7. The van der Waals surface area contributed by atoms with E-state index in [1.807, 2.05) is 0 Å². The monoisotopic (exact) mass is 487 g/mol. The van der Waals surface area contributed by atoms with E-state index in [9.17, 15) is 24.3 Å². The number of amides is 2. The number of aliphatic carboxylic acids is 1. The number of hydrogen-bond acceptors (Lipinski definition) is 10. The molecule has 2 amide bonds. The van der Waals surface area contributed by atoms with Crippen molar-refractivity contribution in [3.63, 3.8) is 0 Å². The first-order valence-corrected chi connectivity index (χ1v) is 10.7. The van der Waals surface area contributed by atoms with E-state index < -0.39 is 30.3 Å². The van der Waals surface area contributed by atoms with E-state index in [0.29, 0.717) is 35.1 Å². The number of thiazole rings is 1. The van der Waals surface area contributed by atoms with Gasteiger partial charge in [0.2, 0.25) is 24.0 Å². The molecule has 3 rings (SSSR count). The fourth-order valence-corrected chi connectivity index (χ4v) is 4.07. The normalized spacial score (nSPS) is 11.5. The maximum Gasteiger partial charge on any atom is 0.350 e. The second kappa shape index (κ2) is 10.7. The zero-order valence-electron chi connectivity index (χ0n) is 18.5. The summed E-state index contributed by atoms with van der Waals surface area (Å²) < 4.78 is 9.65. The minimum absolute atomic E-state index is 0.157. The molecule has 0 aliphatic carbocycles. The van der Waals surface area contributed by atoms with Gasteiger partial charge < -0.3 is 24.6 Å². The summed E-state index contributed by atoms with van der Waals surface area (Å²) in [5.74, 6) is -1.68. The largest absolute Gasteiger partial charge is 0.481 e. The predicted molar refractivity (Wildman–Crippen MR) is 120 cm³/mol. The van der Waals surface area contributed by atoms with Gasteiger partial charge in [0.25, 0.3) is 0 Å². The Balaban J connectivity index is 1.81. The summed E-state index contributed by atoms with van der Waals surface area (Å²) in [5, 5.41) is 15.9. The van der Waals surface area contributed by atoms with Crippen LogP contribution in [0.1, 0.15) is 34.1 Å². The highest BCUT2D eigenvalue weighted by atomic mass is 32.1. The van der Waals surface area contributed by atoms with E-state index >= 15 is 0 Å². The van der Waals surface area contributed by atoms with Crippen LogP contribution in [-0.2, 0) is 19.1 Å². The highest BCUT2D eigenvalue weighted by Crippen LogP contribution is 2.27. The van der Waals surface area contributed by atoms with Crippen LogP contribution in [0.2, 0.25) is 0 Å². The number of ether oxygens (including phenoxy) is 1. The van der Waals surface area contributed by atoms with Crippen molar-refractivity contribution in [2.45, 2.75) is 32.7 Å². The molecule has 0 unspecified atom stereocenters. The topological polar surface area (TPSA) is 165 Å². The number of rotatable bonds is 10. The highest BCUT2D eigenvalue weighted by molar-refractivity contribution is 7.17. The third kappa shape index (κ3) is 5.81. The fourth-order valence-electron chi connectivity index (χ4n) is 3.17. The Hall–Kier alpha value is -4.13. The number of carboxylic acid groups (broad SMARTS) is 1. The molecular weight excluding hydrogens is 466 g/mol. The minimum atomic E-state index is -1.19. The molecule has 34 heavy (non-hydrogen) atoms. The first-order valence-electron chi connectivity index (χ1n) is 9.93. The molecule has 1 atom stereocenters. The van der Waals surface area contributed by atoms with Crippen LogP contribution in [0.4, 0.5) is 10.8 Å². The van der Waals surface area contributed by atoms with Gasteiger partial charge in [-0.05, 0) is 19.1 Å². The fraction of sp³-hybridized carbons (Fsp3) is 0.286. The molecule has 13 heteroatoms. The average molecular weight is 487 g/mol. The van der Waals surface area contributed by atoms with Crippen molar-refractivity contribution in [3.8, 4) is 11.4 Å². The SMILES string of the molecule is COC(=O)c1sc(NC(=O)C[C@H](CC(=O)O)N(C=O)c2cccc(-c3noc(C)n3)c2)nc1C. The van der Waals surface area contributed by atoms with Crippen molar-refractivity contribution >= 4 is 46.4 Å². The molecule has 0 fully saturated rings. The Morgan fingerprint density at radius 2 is 2.03 bits per heavy atom. The number of anilines is 2. The summed E-state index contributed by atoms with van der Waals surface area (Å²) in [4.78, 5) is 57.5.